The van der Waals surface area contributed by atoms with Gasteiger partial charge in [-0.25, -0.2) is 0 Å². The molecule has 0 amide bonds. The molecule has 1 aromatic rings. The van der Waals surface area contributed by atoms with Crippen molar-refractivity contribution in [2.45, 2.75) is 50.8 Å². The number of carbonyl (C=O) groups is 1. The van der Waals surface area contributed by atoms with Crippen LogP contribution in [0.15, 0.2) is 24.3 Å². The summed E-state index contributed by atoms with van der Waals surface area (Å²) in [5.41, 5.74) is 0.866. The molecule has 1 heterocycles. The first kappa shape index (κ1) is 19.7. The third kappa shape index (κ3) is 7.48. The van der Waals surface area contributed by atoms with Crippen molar-refractivity contribution in [1.29, 1.82) is 0 Å². The molecule has 0 unspecified atom stereocenters. The quantitative estimate of drug-likeness (QED) is 0.327. The van der Waals surface area contributed by atoms with E-state index in [-0.39, 0.29) is 5.78 Å². The molecule has 0 spiro atoms. The zero-order chi connectivity index (χ0) is 17.0. The number of benzene rings is 1. The van der Waals surface area contributed by atoms with E-state index < -0.39 is 0 Å². The second kappa shape index (κ2) is 11.8. The van der Waals surface area contributed by atoms with Crippen molar-refractivity contribution in [3.63, 3.8) is 0 Å². The van der Waals surface area contributed by atoms with E-state index in [1.807, 2.05) is 12.1 Å². The van der Waals surface area contributed by atoms with Gasteiger partial charge in [0, 0.05) is 0 Å². The van der Waals surface area contributed by atoms with Crippen molar-refractivity contribution >= 4 is 25.2 Å². The third-order valence-corrected chi connectivity index (χ3v) is 6.76. The molecule has 1 aliphatic heterocycles. The van der Waals surface area contributed by atoms with Crippen molar-refractivity contribution in [2.24, 2.45) is 0 Å². The van der Waals surface area contributed by atoms with Gasteiger partial charge in [0.05, 0.1) is 0 Å². The summed E-state index contributed by atoms with van der Waals surface area (Å²) >= 11 is 0.557. The van der Waals surface area contributed by atoms with Gasteiger partial charge in [-0.3, -0.25) is 0 Å². The predicted octanol–water partition coefficient (Wildman–Crippen LogP) is 3.31. The molecule has 0 aromatic heterocycles. The summed E-state index contributed by atoms with van der Waals surface area (Å²) in [6.45, 7) is 6.60. The SMILES string of the molecule is CCCCCCC[Se]c1ccc(C(=O)CCN2CCOCC2)cc1. The van der Waals surface area contributed by atoms with Gasteiger partial charge in [0.1, 0.15) is 0 Å². The number of Topliss-reactive ketones (excluding diaryl/α,β-unsaturated/α-hetero) is 1. The van der Waals surface area contributed by atoms with Crippen LogP contribution in [0.4, 0.5) is 0 Å². The Labute approximate surface area is 153 Å². The van der Waals surface area contributed by atoms with E-state index in [0.29, 0.717) is 21.4 Å². The molecule has 3 nitrogen and oxygen atoms in total. The fourth-order valence-electron chi connectivity index (χ4n) is 2.86. The van der Waals surface area contributed by atoms with Crippen LogP contribution in [0.2, 0.25) is 5.32 Å². The molecule has 24 heavy (non-hydrogen) atoms. The van der Waals surface area contributed by atoms with E-state index in [9.17, 15) is 4.79 Å². The van der Waals surface area contributed by atoms with E-state index in [1.54, 1.807) is 0 Å². The fraction of sp³-hybridized carbons (Fsp3) is 0.650. The number of rotatable bonds is 11. The summed E-state index contributed by atoms with van der Waals surface area (Å²) < 4.78 is 6.76. The van der Waals surface area contributed by atoms with Crippen molar-refractivity contribution in [2.75, 3.05) is 32.8 Å². The summed E-state index contributed by atoms with van der Waals surface area (Å²) in [6, 6.07) is 8.37. The van der Waals surface area contributed by atoms with Gasteiger partial charge >= 0.3 is 153 Å². The Balaban J connectivity index is 1.65. The number of carbonyl (C=O) groups excluding carboxylic acids is 1. The second-order valence-electron chi connectivity index (χ2n) is 6.41. The van der Waals surface area contributed by atoms with Crippen LogP contribution in [-0.4, -0.2) is 58.5 Å². The van der Waals surface area contributed by atoms with Gasteiger partial charge in [0.2, 0.25) is 0 Å². The summed E-state index contributed by atoms with van der Waals surface area (Å²) in [6.07, 6.45) is 7.39. The van der Waals surface area contributed by atoms with Gasteiger partial charge in [-0.1, -0.05) is 0 Å². The molecule has 134 valence electrons. The third-order valence-electron chi connectivity index (χ3n) is 4.45. The van der Waals surface area contributed by atoms with Gasteiger partial charge < -0.3 is 0 Å². The standard InChI is InChI=1S/C20H31NO2Se/c1-2-3-4-5-6-17-24-19-9-7-18(8-10-19)20(22)11-12-21-13-15-23-16-14-21/h7-10H,2-6,11-17H2,1H3. The zero-order valence-corrected chi connectivity index (χ0v) is 16.7. The minimum absolute atomic E-state index is 0.264. The summed E-state index contributed by atoms with van der Waals surface area (Å²) in [7, 11) is 0. The molecule has 1 saturated heterocycles. The Morgan fingerprint density at radius 2 is 1.79 bits per heavy atom. The summed E-state index contributed by atoms with van der Waals surface area (Å²) in [4.78, 5) is 14.6. The van der Waals surface area contributed by atoms with Gasteiger partial charge in [-0.15, -0.1) is 0 Å². The topological polar surface area (TPSA) is 29.5 Å². The Morgan fingerprint density at radius 1 is 1.08 bits per heavy atom. The number of hydrogen-bond donors (Lipinski definition) is 0. The number of morpholine rings is 1. The molecule has 4 heteroatoms. The first-order valence-corrected chi connectivity index (χ1v) is 11.4. The van der Waals surface area contributed by atoms with E-state index in [0.717, 1.165) is 38.4 Å². The van der Waals surface area contributed by atoms with Crippen LogP contribution >= 0.6 is 0 Å². The van der Waals surface area contributed by atoms with Gasteiger partial charge in [0.15, 0.2) is 0 Å². The average molecular weight is 396 g/mol. The average Bonchev–Trinajstić information content (AvgIpc) is 2.64. The summed E-state index contributed by atoms with van der Waals surface area (Å²) in [5, 5.41) is 1.32. The van der Waals surface area contributed by atoms with Crippen LogP contribution < -0.4 is 4.46 Å². The Hall–Kier alpha value is -0.671. The Kier molecular flexibility index (Phi) is 9.67. The van der Waals surface area contributed by atoms with Crippen LogP contribution in [0.25, 0.3) is 0 Å². The van der Waals surface area contributed by atoms with Gasteiger partial charge in [-0.2, -0.15) is 0 Å². The minimum atomic E-state index is 0.264. The Morgan fingerprint density at radius 3 is 2.50 bits per heavy atom. The maximum atomic E-state index is 12.3. The molecule has 2 rings (SSSR count). The van der Waals surface area contributed by atoms with Crippen molar-refractivity contribution < 1.29 is 9.53 Å². The second-order valence-corrected chi connectivity index (χ2v) is 8.87. The van der Waals surface area contributed by atoms with Crippen molar-refractivity contribution in [3.8, 4) is 0 Å². The van der Waals surface area contributed by atoms with Gasteiger partial charge in [0.25, 0.3) is 0 Å². The number of ketones is 1. The molecule has 0 radical (unpaired) electrons. The number of nitrogens with zero attached hydrogens (tertiary/aromatic N) is 1. The maximum absolute atomic E-state index is 12.3. The molecular formula is C20H31NO2Se. The molecule has 0 N–H and O–H groups in total. The molecule has 0 bridgehead atoms. The molecule has 1 aliphatic rings. The van der Waals surface area contributed by atoms with Crippen molar-refractivity contribution in [1.82, 2.24) is 4.90 Å². The zero-order valence-electron chi connectivity index (χ0n) is 15.0. The van der Waals surface area contributed by atoms with Crippen LogP contribution in [0.3, 0.4) is 0 Å². The molecule has 0 saturated carbocycles. The molecule has 0 atom stereocenters. The predicted molar refractivity (Wildman–Crippen MR) is 102 cm³/mol. The van der Waals surface area contributed by atoms with Crippen LogP contribution in [0.1, 0.15) is 55.8 Å². The molecule has 0 aliphatic carbocycles. The van der Waals surface area contributed by atoms with Crippen LogP contribution in [-0.2, 0) is 4.74 Å². The fourth-order valence-corrected chi connectivity index (χ4v) is 4.78. The molecular weight excluding hydrogens is 365 g/mol. The molecule has 1 aromatic carbocycles. The normalized spacial score (nSPS) is 15.5. The van der Waals surface area contributed by atoms with E-state index in [4.69, 9.17) is 4.74 Å². The first-order valence-electron chi connectivity index (χ1n) is 9.35. The number of hydrogen-bond acceptors (Lipinski definition) is 3. The van der Waals surface area contributed by atoms with E-state index in [2.05, 4.69) is 24.0 Å². The van der Waals surface area contributed by atoms with Crippen molar-refractivity contribution in [3.05, 3.63) is 29.8 Å². The Bertz CT molecular complexity index is 469. The first-order chi connectivity index (χ1) is 11.8. The van der Waals surface area contributed by atoms with Gasteiger partial charge in [-0.05, 0) is 0 Å². The molecule has 1 fully saturated rings. The van der Waals surface area contributed by atoms with E-state index in [1.165, 1.54) is 41.9 Å². The monoisotopic (exact) mass is 397 g/mol. The van der Waals surface area contributed by atoms with Crippen LogP contribution in [0.5, 0.6) is 0 Å². The van der Waals surface area contributed by atoms with Crippen LogP contribution in [0, 0.1) is 0 Å². The summed E-state index contributed by atoms with van der Waals surface area (Å²) in [5.74, 6) is 0.264. The van der Waals surface area contributed by atoms with E-state index >= 15 is 0 Å². The number of ether oxygens (including phenoxy) is 1. The number of unbranched alkanes of at least 4 members (excludes halogenated alkanes) is 4.